The van der Waals surface area contributed by atoms with Crippen molar-refractivity contribution in [1.29, 1.82) is 0 Å². The smallest absolute Gasteiger partial charge is 0.150 e. The molecule has 1 aromatic carbocycles. The number of rotatable bonds is 3. The van der Waals surface area contributed by atoms with Gasteiger partial charge in [-0.1, -0.05) is 21.1 Å². The molecule has 0 N–H and O–H groups in total. The summed E-state index contributed by atoms with van der Waals surface area (Å²) in [4.78, 5) is 4.84. The Morgan fingerprint density at radius 2 is 1.85 bits per heavy atom. The van der Waals surface area contributed by atoms with Crippen molar-refractivity contribution < 1.29 is 4.52 Å². The van der Waals surface area contributed by atoms with E-state index in [1.807, 2.05) is 13.0 Å². The third kappa shape index (κ3) is 3.22. The number of piperazine rings is 1. The zero-order valence-electron chi connectivity index (χ0n) is 11.6. The van der Waals surface area contributed by atoms with Crippen LogP contribution in [0.25, 0.3) is 0 Å². The second kappa shape index (κ2) is 5.97. The molecule has 0 spiro atoms. The van der Waals surface area contributed by atoms with Gasteiger partial charge in [-0.2, -0.15) is 0 Å². The molecule has 0 unspecified atom stereocenters. The Labute approximate surface area is 127 Å². The summed E-state index contributed by atoms with van der Waals surface area (Å²) in [6.45, 7) is 7.02. The lowest BCUT2D eigenvalue weighted by atomic mass is 10.2. The highest BCUT2D eigenvalue weighted by Gasteiger charge is 2.18. The number of benzene rings is 1. The van der Waals surface area contributed by atoms with Crippen molar-refractivity contribution in [2.75, 3.05) is 31.1 Å². The molecule has 3 rings (SSSR count). The first-order valence-electron chi connectivity index (χ1n) is 6.86. The van der Waals surface area contributed by atoms with E-state index < -0.39 is 0 Å². The van der Waals surface area contributed by atoms with Gasteiger partial charge in [0.2, 0.25) is 0 Å². The highest BCUT2D eigenvalue weighted by molar-refractivity contribution is 9.10. The van der Waals surface area contributed by atoms with Crippen molar-refractivity contribution in [3.05, 3.63) is 46.3 Å². The van der Waals surface area contributed by atoms with Gasteiger partial charge in [-0.15, -0.1) is 0 Å². The lowest BCUT2D eigenvalue weighted by molar-refractivity contribution is 0.219. The zero-order chi connectivity index (χ0) is 13.9. The molecule has 1 aliphatic heterocycles. The van der Waals surface area contributed by atoms with E-state index in [1.165, 1.54) is 5.69 Å². The summed E-state index contributed by atoms with van der Waals surface area (Å²) in [5, 5.41) is 3.94. The summed E-state index contributed by atoms with van der Waals surface area (Å²) in [5.41, 5.74) is 2.25. The molecule has 1 aromatic heterocycles. The van der Waals surface area contributed by atoms with Gasteiger partial charge in [-0.25, -0.2) is 0 Å². The maximum atomic E-state index is 5.28. The van der Waals surface area contributed by atoms with Gasteiger partial charge >= 0.3 is 0 Å². The number of nitrogens with zero attached hydrogens (tertiary/aromatic N) is 3. The molecule has 4 nitrogen and oxygen atoms in total. The normalized spacial score (nSPS) is 16.6. The van der Waals surface area contributed by atoms with Crippen molar-refractivity contribution in [2.24, 2.45) is 0 Å². The van der Waals surface area contributed by atoms with E-state index >= 15 is 0 Å². The standard InChI is InChI=1S/C15H18BrN3O/c1-12-10-15(20-17-12)11-18-6-8-19(9-7-18)14-4-2-13(16)3-5-14/h2-5,10H,6-9,11H2,1H3. The Bertz CT molecular complexity index is 559. The van der Waals surface area contributed by atoms with Gasteiger partial charge in [0.1, 0.15) is 0 Å². The molecule has 0 bridgehead atoms. The predicted octanol–water partition coefficient (Wildman–Crippen LogP) is 3.07. The molecule has 0 atom stereocenters. The summed E-state index contributed by atoms with van der Waals surface area (Å²) in [6, 6.07) is 10.5. The van der Waals surface area contributed by atoms with Crippen LogP contribution in [0.2, 0.25) is 0 Å². The molecule has 20 heavy (non-hydrogen) atoms. The molecule has 0 amide bonds. The predicted molar refractivity (Wildman–Crippen MR) is 82.9 cm³/mol. The van der Waals surface area contributed by atoms with Gasteiger partial charge in [0.05, 0.1) is 12.2 Å². The van der Waals surface area contributed by atoms with Crippen LogP contribution < -0.4 is 4.90 Å². The van der Waals surface area contributed by atoms with Gasteiger partial charge in [0.25, 0.3) is 0 Å². The van der Waals surface area contributed by atoms with E-state index in [-0.39, 0.29) is 0 Å². The number of aryl methyl sites for hydroxylation is 1. The number of hydrogen-bond donors (Lipinski definition) is 0. The molecule has 0 saturated carbocycles. The highest BCUT2D eigenvalue weighted by Crippen LogP contribution is 2.20. The highest BCUT2D eigenvalue weighted by atomic mass is 79.9. The van der Waals surface area contributed by atoms with Crippen LogP contribution in [0.4, 0.5) is 5.69 Å². The Morgan fingerprint density at radius 3 is 2.45 bits per heavy atom. The summed E-state index contributed by atoms with van der Waals surface area (Å²) in [7, 11) is 0. The average molecular weight is 336 g/mol. The summed E-state index contributed by atoms with van der Waals surface area (Å²) < 4.78 is 6.41. The lowest BCUT2D eigenvalue weighted by Gasteiger charge is -2.35. The van der Waals surface area contributed by atoms with E-state index in [2.05, 4.69) is 55.2 Å². The van der Waals surface area contributed by atoms with Crippen molar-refractivity contribution in [3.8, 4) is 0 Å². The first-order valence-corrected chi connectivity index (χ1v) is 7.65. The molecule has 1 saturated heterocycles. The van der Waals surface area contributed by atoms with Crippen LogP contribution in [-0.4, -0.2) is 36.2 Å². The fourth-order valence-corrected chi connectivity index (χ4v) is 2.79. The maximum Gasteiger partial charge on any atom is 0.150 e. The molecular formula is C15H18BrN3O. The van der Waals surface area contributed by atoms with E-state index in [0.29, 0.717) is 0 Å². The van der Waals surface area contributed by atoms with Gasteiger partial charge in [-0.05, 0) is 31.2 Å². The number of hydrogen-bond acceptors (Lipinski definition) is 4. The van der Waals surface area contributed by atoms with E-state index in [9.17, 15) is 0 Å². The van der Waals surface area contributed by atoms with Crippen molar-refractivity contribution in [3.63, 3.8) is 0 Å². The Morgan fingerprint density at radius 1 is 1.15 bits per heavy atom. The number of aromatic nitrogens is 1. The van der Waals surface area contributed by atoms with E-state index in [0.717, 1.165) is 48.7 Å². The van der Waals surface area contributed by atoms with Crippen LogP contribution >= 0.6 is 15.9 Å². The third-order valence-electron chi connectivity index (χ3n) is 3.62. The van der Waals surface area contributed by atoms with Crippen LogP contribution in [0, 0.1) is 6.92 Å². The largest absolute Gasteiger partial charge is 0.369 e. The third-order valence-corrected chi connectivity index (χ3v) is 4.15. The van der Waals surface area contributed by atoms with Crippen LogP contribution in [0.3, 0.4) is 0 Å². The quantitative estimate of drug-likeness (QED) is 0.862. The maximum absolute atomic E-state index is 5.28. The topological polar surface area (TPSA) is 32.5 Å². The summed E-state index contributed by atoms with van der Waals surface area (Å²) >= 11 is 3.47. The van der Waals surface area contributed by atoms with Crippen molar-refractivity contribution in [1.82, 2.24) is 10.1 Å². The number of anilines is 1. The first-order chi connectivity index (χ1) is 9.70. The molecular weight excluding hydrogens is 318 g/mol. The van der Waals surface area contributed by atoms with Crippen molar-refractivity contribution in [2.45, 2.75) is 13.5 Å². The monoisotopic (exact) mass is 335 g/mol. The molecule has 2 aromatic rings. The number of halogens is 1. The second-order valence-corrected chi connectivity index (χ2v) is 6.09. The Hall–Kier alpha value is -1.33. The van der Waals surface area contributed by atoms with Gasteiger partial charge < -0.3 is 9.42 Å². The Kier molecular flexibility index (Phi) is 4.08. The molecule has 1 aliphatic rings. The lowest BCUT2D eigenvalue weighted by Crippen LogP contribution is -2.45. The molecule has 2 heterocycles. The fraction of sp³-hybridized carbons (Fsp3) is 0.400. The van der Waals surface area contributed by atoms with E-state index in [1.54, 1.807) is 0 Å². The van der Waals surface area contributed by atoms with Crippen LogP contribution in [0.5, 0.6) is 0 Å². The average Bonchev–Trinajstić information content (AvgIpc) is 2.86. The molecule has 5 heteroatoms. The van der Waals surface area contributed by atoms with Gasteiger partial charge in [0, 0.05) is 42.4 Å². The Balaban J connectivity index is 1.55. The molecule has 0 radical (unpaired) electrons. The minimum Gasteiger partial charge on any atom is -0.369 e. The van der Waals surface area contributed by atoms with Gasteiger partial charge in [-0.3, -0.25) is 4.90 Å². The minimum absolute atomic E-state index is 0.856. The first kappa shape index (κ1) is 13.6. The van der Waals surface area contributed by atoms with Gasteiger partial charge in [0.15, 0.2) is 5.76 Å². The summed E-state index contributed by atoms with van der Waals surface area (Å²) in [5.74, 6) is 0.958. The van der Waals surface area contributed by atoms with Crippen LogP contribution in [0.15, 0.2) is 39.3 Å². The molecule has 1 fully saturated rings. The van der Waals surface area contributed by atoms with E-state index in [4.69, 9.17) is 4.52 Å². The van der Waals surface area contributed by atoms with Crippen molar-refractivity contribution >= 4 is 21.6 Å². The molecule has 106 valence electrons. The zero-order valence-corrected chi connectivity index (χ0v) is 13.1. The summed E-state index contributed by atoms with van der Waals surface area (Å²) in [6.07, 6.45) is 0. The second-order valence-electron chi connectivity index (χ2n) is 5.17. The van der Waals surface area contributed by atoms with Crippen LogP contribution in [-0.2, 0) is 6.54 Å². The van der Waals surface area contributed by atoms with Crippen LogP contribution in [0.1, 0.15) is 11.5 Å². The fourth-order valence-electron chi connectivity index (χ4n) is 2.53. The molecule has 0 aliphatic carbocycles. The SMILES string of the molecule is Cc1cc(CN2CCN(c3ccc(Br)cc3)CC2)on1. The minimum atomic E-state index is 0.856.